The van der Waals surface area contributed by atoms with E-state index in [0.29, 0.717) is 31.0 Å². The van der Waals surface area contributed by atoms with Crippen molar-refractivity contribution in [2.24, 2.45) is 5.92 Å². The van der Waals surface area contributed by atoms with E-state index in [9.17, 15) is 4.79 Å². The van der Waals surface area contributed by atoms with Crippen LogP contribution >= 0.6 is 11.3 Å². The van der Waals surface area contributed by atoms with Gasteiger partial charge in [-0.05, 0) is 31.6 Å². The van der Waals surface area contributed by atoms with Crippen LogP contribution in [0.2, 0.25) is 0 Å². The first-order valence-electron chi connectivity index (χ1n) is 9.29. The molecule has 0 saturated carbocycles. The molecule has 2 atom stereocenters. The van der Waals surface area contributed by atoms with Crippen molar-refractivity contribution in [1.29, 1.82) is 0 Å². The van der Waals surface area contributed by atoms with Crippen molar-refractivity contribution in [2.75, 3.05) is 6.54 Å². The average Bonchev–Trinajstić information content (AvgIpc) is 3.22. The Bertz CT molecular complexity index is 703. The maximum absolute atomic E-state index is 12.2. The molecule has 2 aliphatic rings. The van der Waals surface area contributed by atoms with Gasteiger partial charge in [0.1, 0.15) is 5.01 Å². The van der Waals surface area contributed by atoms with Crippen molar-refractivity contribution in [2.45, 2.75) is 50.6 Å². The van der Waals surface area contributed by atoms with Gasteiger partial charge in [0.25, 0.3) is 0 Å². The number of hydrogen-bond donors (Lipinski definition) is 2. The van der Waals surface area contributed by atoms with E-state index in [4.69, 9.17) is 0 Å². The number of benzene rings is 1. The monoisotopic (exact) mass is 355 g/mol. The number of aromatic nitrogens is 1. The fraction of sp³-hybridized carbons (Fsp3) is 0.500. The van der Waals surface area contributed by atoms with E-state index in [1.165, 1.54) is 12.8 Å². The molecule has 0 radical (unpaired) electrons. The Kier molecular flexibility index (Phi) is 5.13. The van der Waals surface area contributed by atoms with Crippen LogP contribution in [-0.4, -0.2) is 29.5 Å². The minimum atomic E-state index is 0.199. The lowest BCUT2D eigenvalue weighted by Gasteiger charge is -2.28. The molecule has 1 aromatic carbocycles. The predicted octanol–water partition coefficient (Wildman–Crippen LogP) is 3.39. The summed E-state index contributed by atoms with van der Waals surface area (Å²) < 4.78 is 0. The Balaban J connectivity index is 1.21. The highest BCUT2D eigenvalue weighted by atomic mass is 32.1. The molecular weight excluding hydrogens is 330 g/mol. The van der Waals surface area contributed by atoms with Gasteiger partial charge < -0.3 is 10.6 Å². The quantitative estimate of drug-likeness (QED) is 0.835. The van der Waals surface area contributed by atoms with Crippen LogP contribution in [0.15, 0.2) is 35.7 Å². The molecule has 2 N–H and O–H groups in total. The summed E-state index contributed by atoms with van der Waals surface area (Å²) in [6.07, 6.45) is 6.38. The smallest absolute Gasteiger partial charge is 0.220 e. The summed E-state index contributed by atoms with van der Waals surface area (Å²) in [4.78, 5) is 16.9. The zero-order valence-corrected chi connectivity index (χ0v) is 15.2. The minimum Gasteiger partial charge on any atom is -0.356 e. The molecule has 0 aliphatic carbocycles. The Morgan fingerprint density at radius 2 is 1.96 bits per heavy atom. The lowest BCUT2D eigenvalue weighted by atomic mass is 9.89. The lowest BCUT2D eigenvalue weighted by molar-refractivity contribution is -0.122. The van der Waals surface area contributed by atoms with Crippen molar-refractivity contribution >= 4 is 17.2 Å². The third-order valence-corrected chi connectivity index (χ3v) is 6.26. The number of fused-ring (bicyclic) bond motifs is 2. The number of hydrogen-bond acceptors (Lipinski definition) is 4. The van der Waals surface area contributed by atoms with Crippen molar-refractivity contribution in [3.05, 3.63) is 41.4 Å². The summed E-state index contributed by atoms with van der Waals surface area (Å²) in [5.74, 6) is 0.757. The summed E-state index contributed by atoms with van der Waals surface area (Å²) in [5.41, 5.74) is 2.22. The van der Waals surface area contributed by atoms with E-state index in [1.54, 1.807) is 11.3 Å². The molecule has 2 aromatic rings. The highest BCUT2D eigenvalue weighted by Gasteiger charge is 2.34. The van der Waals surface area contributed by atoms with Crippen LogP contribution < -0.4 is 10.6 Å². The van der Waals surface area contributed by atoms with Gasteiger partial charge in [0, 0.05) is 42.4 Å². The Morgan fingerprint density at radius 1 is 1.20 bits per heavy atom. The summed E-state index contributed by atoms with van der Waals surface area (Å²) in [7, 11) is 0. The highest BCUT2D eigenvalue weighted by Crippen LogP contribution is 2.32. The van der Waals surface area contributed by atoms with E-state index >= 15 is 0 Å². The first kappa shape index (κ1) is 16.7. The number of nitrogens with one attached hydrogen (secondary N) is 2. The molecule has 132 valence electrons. The molecule has 5 heteroatoms. The van der Waals surface area contributed by atoms with Crippen LogP contribution in [0.5, 0.6) is 0 Å². The molecule has 25 heavy (non-hydrogen) atoms. The zero-order valence-electron chi connectivity index (χ0n) is 14.4. The summed E-state index contributed by atoms with van der Waals surface area (Å²) in [5, 5.41) is 9.86. The second-order valence-electron chi connectivity index (χ2n) is 7.29. The number of carbonyl (C=O) groups excluding carboxylic acids is 1. The third-order valence-electron chi connectivity index (χ3n) is 5.32. The van der Waals surface area contributed by atoms with E-state index in [1.807, 2.05) is 18.2 Å². The second kappa shape index (κ2) is 7.67. The van der Waals surface area contributed by atoms with Crippen molar-refractivity contribution in [3.63, 3.8) is 0 Å². The molecule has 4 nitrogen and oxygen atoms in total. The van der Waals surface area contributed by atoms with Gasteiger partial charge in [-0.15, -0.1) is 11.3 Å². The highest BCUT2D eigenvalue weighted by molar-refractivity contribution is 7.13. The minimum absolute atomic E-state index is 0.199. The molecule has 4 rings (SSSR count). The van der Waals surface area contributed by atoms with Crippen LogP contribution in [0.4, 0.5) is 0 Å². The third kappa shape index (κ3) is 4.28. The summed E-state index contributed by atoms with van der Waals surface area (Å²) in [6, 6.07) is 11.5. The van der Waals surface area contributed by atoms with Crippen LogP contribution in [0.1, 0.15) is 37.8 Å². The van der Waals surface area contributed by atoms with Crippen LogP contribution in [0, 0.1) is 5.92 Å². The fourth-order valence-electron chi connectivity index (χ4n) is 4.14. The molecule has 2 saturated heterocycles. The van der Waals surface area contributed by atoms with Gasteiger partial charge in [0.15, 0.2) is 0 Å². The van der Waals surface area contributed by atoms with E-state index in [0.717, 1.165) is 35.5 Å². The van der Waals surface area contributed by atoms with E-state index < -0.39 is 0 Å². The number of amides is 1. The zero-order chi connectivity index (χ0) is 17.1. The first-order valence-corrected chi connectivity index (χ1v) is 10.2. The molecule has 2 fully saturated rings. The first-order chi connectivity index (χ1) is 12.3. The van der Waals surface area contributed by atoms with Gasteiger partial charge in [-0.25, -0.2) is 4.98 Å². The molecule has 3 heterocycles. The topological polar surface area (TPSA) is 54.0 Å². The maximum Gasteiger partial charge on any atom is 0.220 e. The van der Waals surface area contributed by atoms with Crippen LogP contribution in [0.25, 0.3) is 10.6 Å². The number of carbonyl (C=O) groups is 1. The van der Waals surface area contributed by atoms with Gasteiger partial charge in [0.2, 0.25) is 5.91 Å². The lowest BCUT2D eigenvalue weighted by Crippen LogP contribution is -2.39. The van der Waals surface area contributed by atoms with Gasteiger partial charge in [0.05, 0.1) is 5.69 Å². The molecular formula is C20H25N3OS. The Labute approximate surface area is 153 Å². The van der Waals surface area contributed by atoms with Gasteiger partial charge in [-0.2, -0.15) is 0 Å². The predicted molar refractivity (Wildman–Crippen MR) is 102 cm³/mol. The number of piperidine rings is 1. The molecule has 0 spiro atoms. The van der Waals surface area contributed by atoms with Crippen molar-refractivity contribution < 1.29 is 4.79 Å². The van der Waals surface area contributed by atoms with Crippen LogP contribution in [0.3, 0.4) is 0 Å². The number of rotatable bonds is 6. The standard InChI is InChI=1S/C20H25N3OS/c24-19(12-14-10-16-6-7-17(11-14)22-16)21-9-8-18-13-25-20(23-18)15-4-2-1-3-5-15/h1-5,13-14,16-17,22H,6-12H2,(H,21,24). The number of thiazole rings is 1. The van der Waals surface area contributed by atoms with Crippen LogP contribution in [-0.2, 0) is 11.2 Å². The van der Waals surface area contributed by atoms with Gasteiger partial charge in [-0.3, -0.25) is 4.79 Å². The fourth-order valence-corrected chi connectivity index (χ4v) is 5.00. The summed E-state index contributed by atoms with van der Waals surface area (Å²) in [6.45, 7) is 0.675. The normalized spacial score (nSPS) is 25.0. The summed E-state index contributed by atoms with van der Waals surface area (Å²) >= 11 is 1.67. The van der Waals surface area contributed by atoms with Crippen molar-refractivity contribution in [1.82, 2.24) is 15.6 Å². The molecule has 1 amide bonds. The van der Waals surface area contributed by atoms with Crippen molar-refractivity contribution in [3.8, 4) is 10.6 Å². The van der Waals surface area contributed by atoms with E-state index in [-0.39, 0.29) is 5.91 Å². The molecule has 2 unspecified atom stereocenters. The second-order valence-corrected chi connectivity index (χ2v) is 8.15. The molecule has 1 aromatic heterocycles. The average molecular weight is 356 g/mol. The van der Waals surface area contributed by atoms with Gasteiger partial charge >= 0.3 is 0 Å². The largest absolute Gasteiger partial charge is 0.356 e. The molecule has 2 bridgehead atoms. The maximum atomic E-state index is 12.2. The SMILES string of the molecule is O=C(CC1CC2CCC(C1)N2)NCCc1csc(-c2ccccc2)n1. The number of nitrogens with zero attached hydrogens (tertiary/aromatic N) is 1. The molecule has 2 aliphatic heterocycles. The van der Waals surface area contributed by atoms with E-state index in [2.05, 4.69) is 33.1 Å². The Hall–Kier alpha value is -1.72. The Morgan fingerprint density at radius 3 is 2.72 bits per heavy atom. The van der Waals surface area contributed by atoms with Gasteiger partial charge in [-0.1, -0.05) is 30.3 Å².